The first-order valence-electron chi connectivity index (χ1n) is 7.77. The van der Waals surface area contributed by atoms with E-state index in [1.807, 2.05) is 0 Å². The van der Waals surface area contributed by atoms with Crippen LogP contribution in [0.4, 0.5) is 10.2 Å². The Labute approximate surface area is 171 Å². The Morgan fingerprint density at radius 1 is 1.26 bits per heavy atom. The van der Waals surface area contributed by atoms with Gasteiger partial charge in [0.05, 0.1) is 6.61 Å². The molecule has 1 aromatic heterocycles. The third kappa shape index (κ3) is 6.69. The lowest BCUT2D eigenvalue weighted by Crippen LogP contribution is -2.43. The number of phosphoric acid groups is 3. The standard InChI is InChI=1S/C10H17FN3O14P3/c1-10(11)7(15)5(26-8(10)14-3-2-6(13-17)12-9(14)16)4-25-30(21,22)28-31(23,24)27-29(18,19)20/h2-3,5,7-8,15,17H,4H2,1H3,(H,21,22)(H,23,24)(H,12,13,16)(H2,18,19,20)/t5-,7?,8-,10?/m1/s1. The summed E-state index contributed by atoms with van der Waals surface area (Å²) in [5.74, 6) is -0.274. The Morgan fingerprint density at radius 2 is 1.87 bits per heavy atom. The molecule has 0 saturated carbocycles. The molecule has 0 amide bonds. The summed E-state index contributed by atoms with van der Waals surface area (Å²) in [7, 11) is -16.9. The molecule has 178 valence electrons. The second kappa shape index (κ2) is 9.03. The number of aromatic nitrogens is 2. The molecule has 1 saturated heterocycles. The van der Waals surface area contributed by atoms with E-state index >= 15 is 4.39 Å². The highest BCUT2D eigenvalue weighted by Gasteiger charge is 2.56. The van der Waals surface area contributed by atoms with Gasteiger partial charge in [-0.15, -0.1) is 0 Å². The fourth-order valence-corrected chi connectivity index (χ4v) is 5.50. The lowest BCUT2D eigenvalue weighted by atomic mass is 9.98. The van der Waals surface area contributed by atoms with E-state index < -0.39 is 59.9 Å². The molecule has 0 aliphatic carbocycles. The van der Waals surface area contributed by atoms with Gasteiger partial charge >= 0.3 is 29.2 Å². The summed E-state index contributed by atoms with van der Waals surface area (Å²) < 4.78 is 65.7. The number of aliphatic hydroxyl groups excluding tert-OH is 1. The number of phosphoric ester groups is 1. The van der Waals surface area contributed by atoms with Crippen molar-refractivity contribution >= 4 is 29.3 Å². The maximum absolute atomic E-state index is 15.0. The van der Waals surface area contributed by atoms with E-state index in [9.17, 15) is 28.5 Å². The van der Waals surface area contributed by atoms with Crippen molar-refractivity contribution in [2.24, 2.45) is 0 Å². The fraction of sp³-hybridized carbons (Fsp3) is 0.600. The summed E-state index contributed by atoms with van der Waals surface area (Å²) in [6, 6.07) is 1.06. The van der Waals surface area contributed by atoms with Crippen LogP contribution in [0.15, 0.2) is 17.1 Å². The number of anilines is 1. The van der Waals surface area contributed by atoms with Gasteiger partial charge in [-0.1, -0.05) is 0 Å². The van der Waals surface area contributed by atoms with Gasteiger partial charge in [-0.25, -0.2) is 22.9 Å². The molecule has 1 aliphatic rings. The molecule has 31 heavy (non-hydrogen) atoms. The molecule has 6 atom stereocenters. The zero-order chi connectivity index (χ0) is 23.8. The Bertz CT molecular complexity index is 1010. The third-order valence-corrected chi connectivity index (χ3v) is 7.53. The molecule has 1 aromatic rings. The van der Waals surface area contributed by atoms with Crippen molar-refractivity contribution in [1.82, 2.24) is 9.55 Å². The summed E-state index contributed by atoms with van der Waals surface area (Å²) in [6.45, 7) is -0.308. The normalized spacial score (nSPS) is 30.5. The van der Waals surface area contributed by atoms with Crippen molar-refractivity contribution in [1.29, 1.82) is 0 Å². The molecule has 2 rings (SSSR count). The number of aliphatic hydroxyl groups is 1. The largest absolute Gasteiger partial charge is 0.490 e. The highest BCUT2D eigenvalue weighted by Crippen LogP contribution is 2.66. The highest BCUT2D eigenvalue weighted by atomic mass is 31.3. The molecule has 17 nitrogen and oxygen atoms in total. The van der Waals surface area contributed by atoms with Crippen LogP contribution in [0, 0.1) is 0 Å². The van der Waals surface area contributed by atoms with Gasteiger partial charge in [0.15, 0.2) is 17.7 Å². The molecule has 0 radical (unpaired) electrons. The van der Waals surface area contributed by atoms with Crippen LogP contribution < -0.4 is 11.2 Å². The summed E-state index contributed by atoms with van der Waals surface area (Å²) in [6.07, 6.45) is -4.64. The van der Waals surface area contributed by atoms with E-state index in [1.165, 1.54) is 0 Å². The number of halogens is 1. The summed E-state index contributed by atoms with van der Waals surface area (Å²) in [4.78, 5) is 50.7. The second-order valence-corrected chi connectivity index (χ2v) is 10.5. The Kier molecular flexibility index (Phi) is 7.62. The molecule has 7 N–H and O–H groups in total. The average Bonchev–Trinajstić information content (AvgIpc) is 2.80. The maximum Gasteiger partial charge on any atom is 0.490 e. The summed E-state index contributed by atoms with van der Waals surface area (Å²) in [5, 5.41) is 18.8. The minimum atomic E-state index is -5.77. The zero-order valence-electron chi connectivity index (χ0n) is 15.2. The van der Waals surface area contributed by atoms with Gasteiger partial charge in [-0.05, 0) is 13.0 Å². The number of ether oxygens (including phenoxy) is 1. The van der Waals surface area contributed by atoms with E-state index in [-0.39, 0.29) is 5.82 Å². The first kappa shape index (κ1) is 26.2. The summed E-state index contributed by atoms with van der Waals surface area (Å²) in [5.41, 5.74) is -2.19. The van der Waals surface area contributed by atoms with Crippen molar-refractivity contribution in [2.75, 3.05) is 12.1 Å². The Balaban J connectivity index is 2.13. The lowest BCUT2D eigenvalue weighted by molar-refractivity contribution is -0.0604. The minimum Gasteiger partial charge on any atom is -0.387 e. The molecule has 1 fully saturated rings. The number of hydrogen-bond donors (Lipinski definition) is 7. The molecular formula is C10H17FN3O14P3. The monoisotopic (exact) mass is 515 g/mol. The number of nitrogens with one attached hydrogen (secondary N) is 1. The van der Waals surface area contributed by atoms with Gasteiger partial charge < -0.3 is 29.4 Å². The molecule has 1 aliphatic heterocycles. The number of rotatable bonds is 9. The lowest BCUT2D eigenvalue weighted by Gasteiger charge is -2.24. The first-order valence-corrected chi connectivity index (χ1v) is 12.3. The predicted octanol–water partition coefficient (Wildman–Crippen LogP) is -0.626. The quantitative estimate of drug-likeness (QED) is 0.160. The van der Waals surface area contributed by atoms with Crippen molar-refractivity contribution in [3.05, 3.63) is 22.7 Å². The average molecular weight is 515 g/mol. The van der Waals surface area contributed by atoms with E-state index in [1.54, 1.807) is 5.48 Å². The zero-order valence-corrected chi connectivity index (χ0v) is 17.8. The van der Waals surface area contributed by atoms with Crippen molar-refractivity contribution in [3.8, 4) is 0 Å². The smallest absolute Gasteiger partial charge is 0.387 e. The van der Waals surface area contributed by atoms with Crippen LogP contribution >= 0.6 is 23.5 Å². The van der Waals surface area contributed by atoms with Crippen LogP contribution in [-0.2, 0) is 31.6 Å². The topological polar surface area (TPSA) is 256 Å². The molecular weight excluding hydrogens is 498 g/mol. The molecule has 0 bridgehead atoms. The number of hydrogen-bond acceptors (Lipinski definition) is 12. The molecule has 2 heterocycles. The van der Waals surface area contributed by atoms with Crippen molar-refractivity contribution in [3.63, 3.8) is 0 Å². The van der Waals surface area contributed by atoms with E-state index in [0.717, 1.165) is 19.2 Å². The Hall–Kier alpha value is -1.10. The number of nitrogens with zero attached hydrogens (tertiary/aromatic N) is 2. The van der Waals surface area contributed by atoms with Gasteiger partial charge in [0.25, 0.3) is 0 Å². The minimum absolute atomic E-state index is 0.274. The van der Waals surface area contributed by atoms with Gasteiger partial charge in [-0.3, -0.25) is 19.8 Å². The van der Waals surface area contributed by atoms with Crippen molar-refractivity contribution in [2.45, 2.75) is 31.0 Å². The van der Waals surface area contributed by atoms with Gasteiger partial charge in [0, 0.05) is 6.20 Å². The van der Waals surface area contributed by atoms with Crippen LogP contribution in [0.1, 0.15) is 13.2 Å². The predicted molar refractivity (Wildman–Crippen MR) is 93.2 cm³/mol. The van der Waals surface area contributed by atoms with Crippen LogP contribution in [0.25, 0.3) is 0 Å². The van der Waals surface area contributed by atoms with Gasteiger partial charge in [-0.2, -0.15) is 13.6 Å². The van der Waals surface area contributed by atoms with E-state index in [2.05, 4.69) is 18.1 Å². The van der Waals surface area contributed by atoms with Gasteiger partial charge in [0.2, 0.25) is 0 Å². The molecule has 21 heteroatoms. The molecule has 0 spiro atoms. The molecule has 0 aromatic carbocycles. The van der Waals surface area contributed by atoms with Crippen molar-refractivity contribution < 1.29 is 65.9 Å². The SMILES string of the molecule is CC1(F)C(O)[C@@H](COP(=O)(O)OP(=O)(O)OP(=O)(O)O)O[C@H]1n1ccc(NO)nc1=O. The highest BCUT2D eigenvalue weighted by molar-refractivity contribution is 7.66. The fourth-order valence-electron chi connectivity index (χ4n) is 2.47. The van der Waals surface area contributed by atoms with E-state index in [0.29, 0.717) is 4.57 Å². The van der Waals surface area contributed by atoms with E-state index in [4.69, 9.17) is 24.6 Å². The Morgan fingerprint density at radius 3 is 2.39 bits per heavy atom. The number of alkyl halides is 1. The van der Waals surface area contributed by atoms with Crippen LogP contribution in [0.5, 0.6) is 0 Å². The van der Waals surface area contributed by atoms with Crippen LogP contribution in [0.3, 0.4) is 0 Å². The summed E-state index contributed by atoms with van der Waals surface area (Å²) >= 11 is 0. The van der Waals surface area contributed by atoms with Gasteiger partial charge in [0.1, 0.15) is 12.2 Å². The van der Waals surface area contributed by atoms with Crippen LogP contribution in [0.2, 0.25) is 0 Å². The van der Waals surface area contributed by atoms with Crippen LogP contribution in [-0.4, -0.2) is 63.9 Å². The first-order chi connectivity index (χ1) is 14.0. The maximum atomic E-state index is 15.0. The second-order valence-electron chi connectivity index (χ2n) is 6.12. The third-order valence-electron chi connectivity index (χ3n) is 3.73. The molecule has 4 unspecified atom stereocenters.